The molecule has 0 radical (unpaired) electrons. The molecule has 3 nitrogen and oxygen atoms in total. The summed E-state index contributed by atoms with van der Waals surface area (Å²) >= 11 is 0. The van der Waals surface area contributed by atoms with Crippen LogP contribution in [0.4, 0.5) is 17.1 Å². The van der Waals surface area contributed by atoms with Crippen molar-refractivity contribution in [3.05, 3.63) is 66.4 Å². The van der Waals surface area contributed by atoms with Crippen LogP contribution in [0.25, 0.3) is 0 Å². The number of anilines is 3. The number of hydrogen-bond donors (Lipinski definition) is 2. The summed E-state index contributed by atoms with van der Waals surface area (Å²) < 4.78 is 0. The first-order valence-corrected chi connectivity index (χ1v) is 8.14. The van der Waals surface area contributed by atoms with Gasteiger partial charge in [0.25, 0.3) is 0 Å². The number of allylic oxidation sites excluding steroid dienone is 1. The zero-order chi connectivity index (χ0) is 16.1. The predicted octanol–water partition coefficient (Wildman–Crippen LogP) is 5.12. The Morgan fingerprint density at radius 1 is 0.957 bits per heavy atom. The molecular formula is C20H22N2O. The molecular weight excluding hydrogens is 284 g/mol. The van der Waals surface area contributed by atoms with Crippen LogP contribution in [-0.2, 0) is 4.79 Å². The molecule has 1 aliphatic carbocycles. The number of hydrogen-bond acceptors (Lipinski definition) is 3. The molecule has 3 heteroatoms. The second kappa shape index (κ2) is 7.14. The van der Waals surface area contributed by atoms with Gasteiger partial charge in [-0.25, -0.2) is 0 Å². The third-order valence-corrected chi connectivity index (χ3v) is 4.21. The van der Waals surface area contributed by atoms with Crippen LogP contribution in [0.15, 0.2) is 66.4 Å². The minimum absolute atomic E-state index is 0.161. The Morgan fingerprint density at radius 2 is 1.61 bits per heavy atom. The van der Waals surface area contributed by atoms with E-state index in [0.29, 0.717) is 0 Å². The second-order valence-corrected chi connectivity index (χ2v) is 6.04. The molecule has 1 aliphatic rings. The maximum Gasteiger partial charge on any atom is 0.163 e. The molecule has 1 atom stereocenters. The van der Waals surface area contributed by atoms with E-state index in [9.17, 15) is 4.79 Å². The van der Waals surface area contributed by atoms with Crippen LogP contribution >= 0.6 is 0 Å². The molecule has 0 saturated heterocycles. The molecule has 2 aromatic rings. The largest absolute Gasteiger partial charge is 0.361 e. The third kappa shape index (κ3) is 4.01. The van der Waals surface area contributed by atoms with Crippen LogP contribution in [0.5, 0.6) is 0 Å². The van der Waals surface area contributed by atoms with Crippen molar-refractivity contribution < 1.29 is 4.79 Å². The third-order valence-electron chi connectivity index (χ3n) is 4.21. The highest BCUT2D eigenvalue weighted by Crippen LogP contribution is 2.25. The van der Waals surface area contributed by atoms with E-state index in [2.05, 4.69) is 10.6 Å². The molecule has 23 heavy (non-hydrogen) atoms. The highest BCUT2D eigenvalue weighted by Gasteiger charge is 2.22. The summed E-state index contributed by atoms with van der Waals surface area (Å²) in [6.45, 7) is 2.01. The lowest BCUT2D eigenvalue weighted by atomic mass is 9.86. The monoisotopic (exact) mass is 306 g/mol. The molecule has 0 aromatic heterocycles. The minimum Gasteiger partial charge on any atom is -0.361 e. The molecule has 0 heterocycles. The van der Waals surface area contributed by atoms with Gasteiger partial charge in [-0.3, -0.25) is 4.79 Å². The predicted molar refractivity (Wildman–Crippen MR) is 95.9 cm³/mol. The zero-order valence-corrected chi connectivity index (χ0v) is 13.4. The Labute approximate surface area is 137 Å². The molecule has 118 valence electrons. The summed E-state index contributed by atoms with van der Waals surface area (Å²) in [6.07, 6.45) is 4.86. The maximum absolute atomic E-state index is 12.1. The van der Waals surface area contributed by atoms with E-state index < -0.39 is 0 Å². The van der Waals surface area contributed by atoms with E-state index in [-0.39, 0.29) is 11.7 Å². The van der Waals surface area contributed by atoms with Gasteiger partial charge < -0.3 is 10.6 Å². The second-order valence-electron chi connectivity index (χ2n) is 6.04. The Bertz CT molecular complexity index is 689. The molecule has 0 spiro atoms. The van der Waals surface area contributed by atoms with Crippen molar-refractivity contribution in [2.75, 3.05) is 10.6 Å². The summed E-state index contributed by atoms with van der Waals surface area (Å²) in [4.78, 5) is 12.1. The first-order chi connectivity index (χ1) is 11.2. The maximum atomic E-state index is 12.1. The first-order valence-electron chi connectivity index (χ1n) is 8.14. The van der Waals surface area contributed by atoms with Crippen molar-refractivity contribution in [3.63, 3.8) is 0 Å². The highest BCUT2D eigenvalue weighted by molar-refractivity contribution is 5.97. The van der Waals surface area contributed by atoms with Gasteiger partial charge in [0.05, 0.1) is 0 Å². The number of Topliss-reactive ketones (excluding diaryl/α,β-unsaturated/α-hetero) is 1. The van der Waals surface area contributed by atoms with Crippen LogP contribution in [0, 0.1) is 5.92 Å². The topological polar surface area (TPSA) is 41.1 Å². The Balaban J connectivity index is 1.62. The Hall–Kier alpha value is -2.55. The summed E-state index contributed by atoms with van der Waals surface area (Å²) in [6, 6.07) is 18.2. The van der Waals surface area contributed by atoms with E-state index in [4.69, 9.17) is 0 Å². The first kappa shape index (κ1) is 15.3. The van der Waals surface area contributed by atoms with Crippen molar-refractivity contribution in [2.45, 2.75) is 26.2 Å². The molecule has 3 rings (SSSR count). The fourth-order valence-corrected chi connectivity index (χ4v) is 2.82. The SMILES string of the molecule is C[C@@H]1CCC/C(=C\Nc2ccc(Nc3ccccc3)cc2)C1=O. The molecule has 2 aromatic carbocycles. The minimum atomic E-state index is 0.161. The van der Waals surface area contributed by atoms with E-state index in [1.807, 2.05) is 67.7 Å². The smallest absolute Gasteiger partial charge is 0.163 e. The summed E-state index contributed by atoms with van der Waals surface area (Å²) in [7, 11) is 0. The molecule has 0 amide bonds. The average molecular weight is 306 g/mol. The summed E-state index contributed by atoms with van der Waals surface area (Å²) in [5, 5.41) is 6.60. The van der Waals surface area contributed by atoms with Gasteiger partial charge in [-0.05, 0) is 55.7 Å². The van der Waals surface area contributed by atoms with Crippen molar-refractivity contribution in [1.29, 1.82) is 0 Å². The van der Waals surface area contributed by atoms with Gasteiger partial charge in [-0.2, -0.15) is 0 Å². The summed E-state index contributed by atoms with van der Waals surface area (Å²) in [5.74, 6) is 0.445. The Morgan fingerprint density at radius 3 is 2.35 bits per heavy atom. The van der Waals surface area contributed by atoms with Gasteiger partial charge in [-0.1, -0.05) is 25.1 Å². The highest BCUT2D eigenvalue weighted by atomic mass is 16.1. The van der Waals surface area contributed by atoms with Crippen molar-refractivity contribution in [1.82, 2.24) is 0 Å². The average Bonchev–Trinajstić information content (AvgIpc) is 2.58. The van der Waals surface area contributed by atoms with Gasteiger partial charge in [0.15, 0.2) is 5.78 Å². The van der Waals surface area contributed by atoms with Crippen LogP contribution in [0.3, 0.4) is 0 Å². The fraction of sp³-hybridized carbons (Fsp3) is 0.250. The van der Waals surface area contributed by atoms with Crippen LogP contribution in [0.2, 0.25) is 0 Å². The molecule has 2 N–H and O–H groups in total. The fourth-order valence-electron chi connectivity index (χ4n) is 2.82. The quantitative estimate of drug-likeness (QED) is 0.771. The van der Waals surface area contributed by atoms with Gasteiger partial charge in [0.2, 0.25) is 0 Å². The van der Waals surface area contributed by atoms with Gasteiger partial charge >= 0.3 is 0 Å². The van der Waals surface area contributed by atoms with Gasteiger partial charge in [0, 0.05) is 34.8 Å². The number of carbonyl (C=O) groups is 1. The van der Waals surface area contributed by atoms with E-state index in [1.165, 1.54) is 0 Å². The zero-order valence-electron chi connectivity index (χ0n) is 13.4. The molecule has 1 saturated carbocycles. The van der Waals surface area contributed by atoms with Crippen LogP contribution in [-0.4, -0.2) is 5.78 Å². The molecule has 0 unspecified atom stereocenters. The van der Waals surface area contributed by atoms with Crippen LogP contribution < -0.4 is 10.6 Å². The molecule has 0 aliphatic heterocycles. The van der Waals surface area contributed by atoms with Crippen molar-refractivity contribution in [3.8, 4) is 0 Å². The Kier molecular flexibility index (Phi) is 4.77. The normalized spacial score (nSPS) is 19.6. The number of nitrogens with one attached hydrogen (secondary N) is 2. The molecule has 0 bridgehead atoms. The van der Waals surface area contributed by atoms with Crippen LogP contribution in [0.1, 0.15) is 26.2 Å². The van der Waals surface area contributed by atoms with Crippen molar-refractivity contribution in [2.24, 2.45) is 5.92 Å². The summed E-state index contributed by atoms with van der Waals surface area (Å²) in [5.41, 5.74) is 4.01. The number of para-hydroxylation sites is 1. The van der Waals surface area contributed by atoms with E-state index in [1.54, 1.807) is 0 Å². The van der Waals surface area contributed by atoms with Gasteiger partial charge in [-0.15, -0.1) is 0 Å². The van der Waals surface area contributed by atoms with E-state index >= 15 is 0 Å². The number of benzene rings is 2. The number of ketones is 1. The standard InChI is InChI=1S/C20H22N2O/c1-15-6-5-7-16(20(15)23)14-21-17-10-12-19(13-11-17)22-18-8-3-2-4-9-18/h2-4,8-15,21-22H,5-7H2,1H3/b16-14+/t15-/m1/s1. The lowest BCUT2D eigenvalue weighted by Gasteiger charge is -2.19. The lowest BCUT2D eigenvalue weighted by molar-refractivity contribution is -0.119. The van der Waals surface area contributed by atoms with E-state index in [0.717, 1.165) is 41.9 Å². The van der Waals surface area contributed by atoms with Crippen molar-refractivity contribution >= 4 is 22.8 Å². The molecule has 1 fully saturated rings. The number of rotatable bonds is 4. The number of carbonyl (C=O) groups excluding carboxylic acids is 1. The van der Waals surface area contributed by atoms with Gasteiger partial charge in [0.1, 0.15) is 0 Å². The lowest BCUT2D eigenvalue weighted by Crippen LogP contribution is -2.19.